The molecule has 0 amide bonds. The summed E-state index contributed by atoms with van der Waals surface area (Å²) >= 11 is 0. The lowest BCUT2D eigenvalue weighted by Crippen LogP contribution is -2.40. The number of hydrogen-bond donors (Lipinski definition) is 1. The van der Waals surface area contributed by atoms with Gasteiger partial charge in [-0.1, -0.05) is 134 Å². The van der Waals surface area contributed by atoms with E-state index in [4.69, 9.17) is 10.7 Å². The lowest BCUT2D eigenvalue weighted by atomic mass is 9.79. The Labute approximate surface area is 341 Å². The number of fused-ring (bicyclic) bond motifs is 4. The van der Waals surface area contributed by atoms with E-state index in [1.807, 2.05) is 73.7 Å². The number of allylic oxidation sites excluding steroid dienone is 8. The van der Waals surface area contributed by atoms with Gasteiger partial charge < -0.3 is 15.2 Å². The third kappa shape index (κ3) is 6.97. The average Bonchev–Trinajstić information content (AvgIpc) is 3.70. The summed E-state index contributed by atoms with van der Waals surface area (Å²) in [5.74, 6) is 0. The third-order valence-electron chi connectivity index (χ3n) is 11.1. The minimum atomic E-state index is -0.223. The van der Waals surface area contributed by atoms with Crippen molar-refractivity contribution in [2.75, 3.05) is 11.4 Å². The number of aromatic nitrogens is 1. The SMILES string of the molecule is C=N\C(=C/C(=N/C=C\C=C/C=C/C)c1ccc(-n2c(=C)/c(=C\CN)c3c(C4=CCC5(C)C(=C4)c4ccccc4N5c4ccccc4)cccc32)cc1)c1ccccc1. The van der Waals surface area contributed by atoms with Gasteiger partial charge in [0.1, 0.15) is 0 Å². The number of anilines is 2. The Bertz CT molecular complexity index is 2830. The molecule has 0 saturated carbocycles. The van der Waals surface area contributed by atoms with Crippen molar-refractivity contribution < 1.29 is 0 Å². The molecule has 2 heterocycles. The maximum absolute atomic E-state index is 6.26. The number of benzene rings is 5. The van der Waals surface area contributed by atoms with Crippen LogP contribution in [0.15, 0.2) is 192 Å². The Morgan fingerprint density at radius 2 is 1.48 bits per heavy atom. The molecule has 1 unspecified atom stereocenters. The lowest BCUT2D eigenvalue weighted by Gasteiger charge is -2.39. The van der Waals surface area contributed by atoms with E-state index in [0.29, 0.717) is 6.54 Å². The summed E-state index contributed by atoms with van der Waals surface area (Å²) in [7, 11) is 0. The van der Waals surface area contributed by atoms with E-state index in [2.05, 4.69) is 150 Å². The zero-order chi connectivity index (χ0) is 40.1. The van der Waals surface area contributed by atoms with Crippen LogP contribution in [0.2, 0.25) is 0 Å². The van der Waals surface area contributed by atoms with E-state index in [-0.39, 0.29) is 5.54 Å². The molecule has 0 fully saturated rings. The molecule has 58 heavy (non-hydrogen) atoms. The Morgan fingerprint density at radius 1 is 0.776 bits per heavy atom. The van der Waals surface area contributed by atoms with Gasteiger partial charge in [-0.2, -0.15) is 0 Å². The Balaban J connectivity index is 1.21. The monoisotopic (exact) mass is 753 g/mol. The fourth-order valence-corrected chi connectivity index (χ4v) is 8.36. The maximum atomic E-state index is 6.26. The van der Waals surface area contributed by atoms with E-state index in [1.54, 1.807) is 6.20 Å². The fraction of sp³-hybridized carbons (Fsp3) is 0.0943. The second kappa shape index (κ2) is 16.6. The van der Waals surface area contributed by atoms with E-state index in [9.17, 15) is 0 Å². The van der Waals surface area contributed by atoms with Crippen LogP contribution >= 0.6 is 0 Å². The molecular formula is C53H47N5. The van der Waals surface area contributed by atoms with Gasteiger partial charge in [0.05, 0.1) is 22.5 Å². The number of hydrogen-bond acceptors (Lipinski definition) is 4. The predicted octanol–water partition coefficient (Wildman–Crippen LogP) is 10.7. The second-order valence-corrected chi connectivity index (χ2v) is 14.6. The van der Waals surface area contributed by atoms with Crippen LogP contribution in [0.4, 0.5) is 11.4 Å². The van der Waals surface area contributed by atoms with Crippen LogP contribution in [0.25, 0.3) is 46.1 Å². The molecule has 1 aliphatic heterocycles. The summed E-state index contributed by atoms with van der Waals surface area (Å²) in [6.07, 6.45) is 21.4. The molecule has 0 radical (unpaired) electrons. The topological polar surface area (TPSA) is 58.9 Å². The highest BCUT2D eigenvalue weighted by Crippen LogP contribution is 2.55. The van der Waals surface area contributed by atoms with Crippen molar-refractivity contribution in [1.82, 2.24) is 4.57 Å². The largest absolute Gasteiger partial charge is 0.331 e. The van der Waals surface area contributed by atoms with Crippen molar-refractivity contribution >= 4 is 64.2 Å². The molecule has 5 heteroatoms. The summed E-state index contributed by atoms with van der Waals surface area (Å²) in [5.41, 5.74) is 18.9. The molecule has 284 valence electrons. The Hall–Kier alpha value is -7.08. The quantitative estimate of drug-likeness (QED) is 0.106. The van der Waals surface area contributed by atoms with Gasteiger partial charge in [0, 0.05) is 62.5 Å². The second-order valence-electron chi connectivity index (χ2n) is 14.6. The molecule has 2 aliphatic rings. The molecule has 8 rings (SSSR count). The first-order valence-electron chi connectivity index (χ1n) is 19.7. The molecular weight excluding hydrogens is 707 g/mol. The smallest absolute Gasteiger partial charge is 0.0723 e. The molecule has 2 N–H and O–H groups in total. The van der Waals surface area contributed by atoms with Gasteiger partial charge in [0.15, 0.2) is 0 Å². The van der Waals surface area contributed by atoms with Crippen LogP contribution in [0.1, 0.15) is 42.5 Å². The molecule has 5 nitrogen and oxygen atoms in total. The number of nitrogens with two attached hydrogens (primary N) is 1. The first-order chi connectivity index (χ1) is 28.5. The first kappa shape index (κ1) is 37.8. The van der Waals surface area contributed by atoms with Crippen molar-refractivity contribution in [3.8, 4) is 5.69 Å². The first-order valence-corrected chi connectivity index (χ1v) is 19.7. The van der Waals surface area contributed by atoms with Crippen LogP contribution in [0, 0.1) is 0 Å². The van der Waals surface area contributed by atoms with Crippen molar-refractivity contribution in [3.63, 3.8) is 0 Å². The van der Waals surface area contributed by atoms with Gasteiger partial charge in [0.2, 0.25) is 0 Å². The standard InChI is InChI=1S/C53H47N5/c1-5-6-7-8-17-35-56-49(37-48(55-4)39-19-11-9-12-20-39)40-27-29-42(30-28-40)57-38(2)44(32-34-54)52-45(24-18-26-51(52)57)41-31-33-53(3)47(36-41)46-23-15-16-25-50(46)58(53)43-21-13-10-14-22-43/h5-32,35-37H,2,4,33-34,54H2,1,3H3/b6-5+,8-7-,35-17-,44-32+,48-37-,56-49-. The Morgan fingerprint density at radius 3 is 2.22 bits per heavy atom. The minimum Gasteiger partial charge on any atom is -0.331 e. The summed E-state index contributed by atoms with van der Waals surface area (Å²) < 4.78 is 2.24. The minimum absolute atomic E-state index is 0.223. The molecule has 1 aliphatic carbocycles. The highest BCUT2D eigenvalue weighted by atomic mass is 15.2. The highest BCUT2D eigenvalue weighted by molar-refractivity contribution is 6.13. The zero-order valence-corrected chi connectivity index (χ0v) is 33.1. The third-order valence-corrected chi connectivity index (χ3v) is 11.1. The zero-order valence-electron chi connectivity index (χ0n) is 33.1. The van der Waals surface area contributed by atoms with Crippen LogP contribution in [0.3, 0.4) is 0 Å². The van der Waals surface area contributed by atoms with Gasteiger partial charge in [0.25, 0.3) is 0 Å². The summed E-state index contributed by atoms with van der Waals surface area (Å²) in [6, 6.07) is 44.6. The molecule has 0 saturated heterocycles. The Kier molecular flexibility index (Phi) is 10.8. The van der Waals surface area contributed by atoms with E-state index >= 15 is 0 Å². The molecule has 0 bridgehead atoms. The number of aliphatic imine (C=N–C) groups is 2. The average molecular weight is 754 g/mol. The highest BCUT2D eigenvalue weighted by Gasteiger charge is 2.45. The normalized spacial score (nSPS) is 17.4. The van der Waals surface area contributed by atoms with Crippen molar-refractivity contribution in [2.24, 2.45) is 15.7 Å². The van der Waals surface area contributed by atoms with Gasteiger partial charge in [-0.3, -0.25) is 9.98 Å². The van der Waals surface area contributed by atoms with Crippen LogP contribution in [-0.2, 0) is 0 Å². The number of rotatable bonds is 11. The fourth-order valence-electron chi connectivity index (χ4n) is 8.36. The predicted molar refractivity (Wildman–Crippen MR) is 249 cm³/mol. The molecule has 1 atom stereocenters. The number of para-hydroxylation sites is 2. The van der Waals surface area contributed by atoms with E-state index in [1.165, 1.54) is 33.6 Å². The molecule has 1 aromatic heterocycles. The van der Waals surface area contributed by atoms with Crippen molar-refractivity contribution in [1.29, 1.82) is 0 Å². The van der Waals surface area contributed by atoms with Crippen molar-refractivity contribution in [2.45, 2.75) is 25.8 Å². The van der Waals surface area contributed by atoms with Crippen molar-refractivity contribution in [3.05, 3.63) is 215 Å². The lowest BCUT2D eigenvalue weighted by molar-refractivity contribution is 0.608. The van der Waals surface area contributed by atoms with Crippen LogP contribution in [-0.4, -0.2) is 29.1 Å². The summed E-state index contributed by atoms with van der Waals surface area (Å²) in [6.45, 7) is 13.3. The van der Waals surface area contributed by atoms with E-state index < -0.39 is 0 Å². The van der Waals surface area contributed by atoms with Crippen LogP contribution in [0.5, 0.6) is 0 Å². The molecule has 5 aromatic carbocycles. The van der Waals surface area contributed by atoms with E-state index in [0.717, 1.165) is 56.1 Å². The number of nitrogens with zero attached hydrogens (tertiary/aromatic N) is 4. The maximum Gasteiger partial charge on any atom is 0.0723 e. The van der Waals surface area contributed by atoms with Gasteiger partial charge >= 0.3 is 0 Å². The van der Waals surface area contributed by atoms with Crippen LogP contribution < -0.4 is 21.2 Å². The molecule has 0 spiro atoms. The summed E-state index contributed by atoms with van der Waals surface area (Å²) in [5, 5.41) is 3.09. The molecule has 6 aromatic rings. The van der Waals surface area contributed by atoms with Gasteiger partial charge in [-0.15, -0.1) is 0 Å². The van der Waals surface area contributed by atoms with Gasteiger partial charge in [-0.25, -0.2) is 0 Å². The van der Waals surface area contributed by atoms with Gasteiger partial charge in [-0.05, 0) is 98.3 Å². The summed E-state index contributed by atoms with van der Waals surface area (Å²) in [4.78, 5) is 11.7.